The SMILES string of the molecule is CC(=O)Nc1cnc2c(c1)CCC2. The van der Waals surface area contributed by atoms with Crippen LogP contribution in [0.2, 0.25) is 0 Å². The van der Waals surface area contributed by atoms with Crippen LogP contribution < -0.4 is 5.32 Å². The van der Waals surface area contributed by atoms with Crippen LogP contribution in [0.25, 0.3) is 0 Å². The van der Waals surface area contributed by atoms with Gasteiger partial charge in [0, 0.05) is 12.6 Å². The Morgan fingerprint density at radius 2 is 2.38 bits per heavy atom. The zero-order valence-corrected chi connectivity index (χ0v) is 7.63. The molecule has 1 aliphatic rings. The molecule has 3 heteroatoms. The number of carbonyl (C=O) groups is 1. The maximum absolute atomic E-state index is 10.8. The van der Waals surface area contributed by atoms with Crippen LogP contribution in [-0.2, 0) is 17.6 Å². The number of carbonyl (C=O) groups excluding carboxylic acids is 1. The Labute approximate surface area is 77.2 Å². The zero-order valence-electron chi connectivity index (χ0n) is 7.63. The monoisotopic (exact) mass is 176 g/mol. The molecule has 3 nitrogen and oxygen atoms in total. The third kappa shape index (κ3) is 1.69. The Morgan fingerprint density at radius 1 is 1.54 bits per heavy atom. The second-order valence-electron chi connectivity index (χ2n) is 3.36. The van der Waals surface area contributed by atoms with Gasteiger partial charge in [0.25, 0.3) is 0 Å². The van der Waals surface area contributed by atoms with Crippen LogP contribution in [0.5, 0.6) is 0 Å². The standard InChI is InChI=1S/C10H12N2O/c1-7(13)12-9-5-8-3-2-4-10(8)11-6-9/h5-6H,2-4H2,1H3,(H,12,13). The first-order valence-corrected chi connectivity index (χ1v) is 4.51. The molecule has 0 aliphatic heterocycles. The first kappa shape index (κ1) is 8.23. The molecule has 68 valence electrons. The molecule has 0 bridgehead atoms. The van der Waals surface area contributed by atoms with E-state index >= 15 is 0 Å². The van der Waals surface area contributed by atoms with E-state index in [0.717, 1.165) is 18.5 Å². The molecule has 0 atom stereocenters. The summed E-state index contributed by atoms with van der Waals surface area (Å²) in [6.07, 6.45) is 5.09. The van der Waals surface area contributed by atoms with Gasteiger partial charge in [-0.1, -0.05) is 0 Å². The van der Waals surface area contributed by atoms with E-state index in [-0.39, 0.29) is 5.91 Å². The van der Waals surface area contributed by atoms with Crippen LogP contribution in [0.15, 0.2) is 12.3 Å². The number of pyridine rings is 1. The molecule has 0 spiro atoms. The number of amides is 1. The van der Waals surface area contributed by atoms with Gasteiger partial charge in [0.05, 0.1) is 11.9 Å². The second kappa shape index (κ2) is 3.17. The minimum absolute atomic E-state index is 0.0419. The molecule has 1 heterocycles. The Kier molecular flexibility index (Phi) is 2.00. The lowest BCUT2D eigenvalue weighted by atomic mass is 10.2. The average molecular weight is 176 g/mol. The van der Waals surface area contributed by atoms with Crippen LogP contribution in [0.4, 0.5) is 5.69 Å². The van der Waals surface area contributed by atoms with Crippen molar-refractivity contribution in [2.24, 2.45) is 0 Å². The number of hydrogen-bond acceptors (Lipinski definition) is 2. The summed E-state index contributed by atoms with van der Waals surface area (Å²) < 4.78 is 0. The smallest absolute Gasteiger partial charge is 0.221 e. The van der Waals surface area contributed by atoms with Crippen LogP contribution in [0.1, 0.15) is 24.6 Å². The van der Waals surface area contributed by atoms with Gasteiger partial charge in [0.2, 0.25) is 5.91 Å². The molecule has 0 radical (unpaired) electrons. The minimum Gasteiger partial charge on any atom is -0.325 e. The summed E-state index contributed by atoms with van der Waals surface area (Å²) in [7, 11) is 0. The van der Waals surface area contributed by atoms with E-state index in [4.69, 9.17) is 0 Å². The van der Waals surface area contributed by atoms with Crippen molar-refractivity contribution < 1.29 is 4.79 Å². The molecule has 0 unspecified atom stereocenters. The van der Waals surface area contributed by atoms with Crippen LogP contribution >= 0.6 is 0 Å². The number of hydrogen-bond donors (Lipinski definition) is 1. The van der Waals surface area contributed by atoms with Gasteiger partial charge in [-0.3, -0.25) is 9.78 Å². The summed E-state index contributed by atoms with van der Waals surface area (Å²) in [5.74, 6) is -0.0419. The molecule has 1 amide bonds. The fourth-order valence-corrected chi connectivity index (χ4v) is 1.70. The molecule has 1 N–H and O–H groups in total. The molecule has 0 saturated heterocycles. The minimum atomic E-state index is -0.0419. The van der Waals surface area contributed by atoms with Crippen LogP contribution in [0, 0.1) is 0 Å². The number of nitrogens with one attached hydrogen (secondary N) is 1. The lowest BCUT2D eigenvalue weighted by Crippen LogP contribution is -2.06. The summed E-state index contributed by atoms with van der Waals surface area (Å²) in [5.41, 5.74) is 3.29. The molecule has 2 rings (SSSR count). The third-order valence-electron chi connectivity index (χ3n) is 2.24. The van der Waals surface area contributed by atoms with Gasteiger partial charge in [-0.05, 0) is 30.9 Å². The fourth-order valence-electron chi connectivity index (χ4n) is 1.70. The van der Waals surface area contributed by atoms with Crippen molar-refractivity contribution in [2.45, 2.75) is 26.2 Å². The van der Waals surface area contributed by atoms with Gasteiger partial charge in [-0.25, -0.2) is 0 Å². The van der Waals surface area contributed by atoms with Gasteiger partial charge in [0.15, 0.2) is 0 Å². The molecule has 1 aromatic rings. The molecule has 1 aliphatic carbocycles. The normalized spacial score (nSPS) is 13.9. The van der Waals surface area contributed by atoms with Gasteiger partial charge in [-0.15, -0.1) is 0 Å². The molecule has 0 aromatic carbocycles. The number of rotatable bonds is 1. The van der Waals surface area contributed by atoms with Gasteiger partial charge >= 0.3 is 0 Å². The first-order chi connectivity index (χ1) is 6.25. The van der Waals surface area contributed by atoms with Crippen molar-refractivity contribution in [3.05, 3.63) is 23.5 Å². The highest BCUT2D eigenvalue weighted by Crippen LogP contribution is 2.22. The van der Waals surface area contributed by atoms with E-state index in [2.05, 4.69) is 10.3 Å². The first-order valence-electron chi connectivity index (χ1n) is 4.51. The molecular formula is C10H12N2O. The van der Waals surface area contributed by atoms with Crippen LogP contribution in [0.3, 0.4) is 0 Å². The predicted octanol–water partition coefficient (Wildman–Crippen LogP) is 1.53. The second-order valence-corrected chi connectivity index (χ2v) is 3.36. The van der Waals surface area contributed by atoms with E-state index in [0.29, 0.717) is 0 Å². The average Bonchev–Trinajstić information content (AvgIpc) is 2.49. The van der Waals surface area contributed by atoms with E-state index in [1.54, 1.807) is 6.20 Å². The molecule has 0 saturated carbocycles. The van der Waals surface area contributed by atoms with Crippen LogP contribution in [-0.4, -0.2) is 10.9 Å². The highest BCUT2D eigenvalue weighted by atomic mass is 16.1. The maximum Gasteiger partial charge on any atom is 0.221 e. The predicted molar refractivity (Wildman–Crippen MR) is 50.6 cm³/mol. The van der Waals surface area contributed by atoms with Gasteiger partial charge in [0.1, 0.15) is 0 Å². The Hall–Kier alpha value is -1.38. The van der Waals surface area contributed by atoms with E-state index in [9.17, 15) is 4.79 Å². The lowest BCUT2D eigenvalue weighted by Gasteiger charge is -2.03. The summed E-state index contributed by atoms with van der Waals surface area (Å²) in [4.78, 5) is 15.1. The lowest BCUT2D eigenvalue weighted by molar-refractivity contribution is -0.114. The maximum atomic E-state index is 10.8. The van der Waals surface area contributed by atoms with E-state index in [1.165, 1.54) is 24.6 Å². The van der Waals surface area contributed by atoms with Gasteiger partial charge in [-0.2, -0.15) is 0 Å². The quantitative estimate of drug-likeness (QED) is 0.705. The number of anilines is 1. The molecule has 0 fully saturated rings. The van der Waals surface area contributed by atoms with E-state index < -0.39 is 0 Å². The Balaban J connectivity index is 2.25. The topological polar surface area (TPSA) is 42.0 Å². The van der Waals surface area contributed by atoms with Crippen molar-refractivity contribution in [3.8, 4) is 0 Å². The molecular weight excluding hydrogens is 164 g/mol. The van der Waals surface area contributed by atoms with Crippen molar-refractivity contribution in [1.82, 2.24) is 4.98 Å². The zero-order chi connectivity index (χ0) is 9.26. The third-order valence-corrected chi connectivity index (χ3v) is 2.24. The highest BCUT2D eigenvalue weighted by molar-refractivity contribution is 5.88. The summed E-state index contributed by atoms with van der Waals surface area (Å²) >= 11 is 0. The van der Waals surface area contributed by atoms with Crippen molar-refractivity contribution in [2.75, 3.05) is 5.32 Å². The fraction of sp³-hybridized carbons (Fsp3) is 0.400. The van der Waals surface area contributed by atoms with Crippen molar-refractivity contribution >= 4 is 11.6 Å². The largest absolute Gasteiger partial charge is 0.325 e. The van der Waals surface area contributed by atoms with Crippen molar-refractivity contribution in [1.29, 1.82) is 0 Å². The summed E-state index contributed by atoms with van der Waals surface area (Å²) in [6.45, 7) is 1.51. The Morgan fingerprint density at radius 3 is 3.15 bits per heavy atom. The number of aromatic nitrogens is 1. The Bertz CT molecular complexity index is 347. The van der Waals surface area contributed by atoms with Gasteiger partial charge < -0.3 is 5.32 Å². The number of fused-ring (bicyclic) bond motifs is 1. The number of nitrogens with zero attached hydrogens (tertiary/aromatic N) is 1. The highest BCUT2D eigenvalue weighted by Gasteiger charge is 2.12. The summed E-state index contributed by atoms with van der Waals surface area (Å²) in [6, 6.07) is 2.02. The summed E-state index contributed by atoms with van der Waals surface area (Å²) in [5, 5.41) is 2.73. The number of aryl methyl sites for hydroxylation is 2. The van der Waals surface area contributed by atoms with E-state index in [1.807, 2.05) is 6.07 Å². The molecule has 13 heavy (non-hydrogen) atoms. The van der Waals surface area contributed by atoms with Crippen molar-refractivity contribution in [3.63, 3.8) is 0 Å². The molecule has 1 aromatic heterocycles.